The van der Waals surface area contributed by atoms with E-state index in [-0.39, 0.29) is 36.8 Å². The van der Waals surface area contributed by atoms with Gasteiger partial charge in [0.2, 0.25) is 9.84 Å². The van der Waals surface area contributed by atoms with E-state index in [0.29, 0.717) is 28.6 Å². The number of carbonyl (C=O) groups is 1. The molecule has 2 atom stereocenters. The first-order valence-electron chi connectivity index (χ1n) is 13.7. The molecule has 222 valence electrons. The SMILES string of the molecule is O=C(c1cc(C(F)(F)F)ccn1)[C@]12Cc3cnn(-c4ccc(F)cc4)c3C=C1CC[C@H](S(=O)(=O)c1cnn(C3CC3)n1)C2. The number of nitrogens with zero attached hydrogens (tertiary/aromatic N) is 6. The lowest BCUT2D eigenvalue weighted by atomic mass is 9.61. The predicted octanol–water partition coefficient (Wildman–Crippen LogP) is 5.19. The van der Waals surface area contributed by atoms with Gasteiger partial charge in [-0.05, 0) is 86.6 Å². The first-order valence-corrected chi connectivity index (χ1v) is 15.3. The van der Waals surface area contributed by atoms with Crippen LogP contribution in [0.25, 0.3) is 11.8 Å². The second kappa shape index (κ2) is 9.66. The fourth-order valence-electron chi connectivity index (χ4n) is 6.14. The highest BCUT2D eigenvalue weighted by atomic mass is 32.2. The normalized spacial score (nSPS) is 22.0. The van der Waals surface area contributed by atoms with Crippen LogP contribution in [0, 0.1) is 11.2 Å². The molecule has 7 rings (SSSR count). The van der Waals surface area contributed by atoms with Crippen molar-refractivity contribution in [3.63, 3.8) is 0 Å². The molecule has 2 saturated carbocycles. The van der Waals surface area contributed by atoms with Crippen LogP contribution in [0.1, 0.15) is 65.5 Å². The van der Waals surface area contributed by atoms with E-state index in [0.717, 1.165) is 25.1 Å². The number of aromatic nitrogens is 6. The summed E-state index contributed by atoms with van der Waals surface area (Å²) in [5, 5.41) is 11.6. The molecule has 1 aromatic carbocycles. The number of alkyl halides is 3. The van der Waals surface area contributed by atoms with Gasteiger partial charge in [0.15, 0.2) is 10.8 Å². The molecular formula is C29H24F4N6O3S. The Kier molecular flexibility index (Phi) is 6.20. The third kappa shape index (κ3) is 4.67. The highest BCUT2D eigenvalue weighted by molar-refractivity contribution is 7.92. The van der Waals surface area contributed by atoms with Crippen molar-refractivity contribution in [2.45, 2.75) is 61.0 Å². The second-order valence-electron chi connectivity index (χ2n) is 11.3. The van der Waals surface area contributed by atoms with Crippen LogP contribution >= 0.6 is 0 Å². The molecule has 0 radical (unpaired) electrons. The van der Waals surface area contributed by atoms with Crippen molar-refractivity contribution in [1.82, 2.24) is 29.8 Å². The van der Waals surface area contributed by atoms with Gasteiger partial charge >= 0.3 is 6.18 Å². The van der Waals surface area contributed by atoms with Gasteiger partial charge in [0, 0.05) is 6.20 Å². The average molecular weight is 613 g/mol. The van der Waals surface area contributed by atoms with E-state index in [9.17, 15) is 30.8 Å². The Morgan fingerprint density at radius 2 is 1.79 bits per heavy atom. The van der Waals surface area contributed by atoms with Crippen molar-refractivity contribution in [2.24, 2.45) is 5.41 Å². The Hall–Kier alpha value is -4.20. The molecule has 0 spiro atoms. The van der Waals surface area contributed by atoms with E-state index >= 15 is 0 Å². The Bertz CT molecular complexity index is 1890. The molecule has 0 bridgehead atoms. The van der Waals surface area contributed by atoms with Gasteiger partial charge < -0.3 is 0 Å². The van der Waals surface area contributed by atoms with Crippen LogP contribution in [0.2, 0.25) is 0 Å². The maximum Gasteiger partial charge on any atom is 0.416 e. The summed E-state index contributed by atoms with van der Waals surface area (Å²) >= 11 is 0. The van der Waals surface area contributed by atoms with Crippen LogP contribution in [-0.2, 0) is 22.4 Å². The Morgan fingerprint density at radius 3 is 2.51 bits per heavy atom. The number of rotatable bonds is 6. The monoisotopic (exact) mass is 612 g/mol. The van der Waals surface area contributed by atoms with Crippen molar-refractivity contribution in [1.29, 1.82) is 0 Å². The minimum atomic E-state index is -4.70. The lowest BCUT2D eigenvalue weighted by molar-refractivity contribution is -0.137. The van der Waals surface area contributed by atoms with Gasteiger partial charge in [0.05, 0.1) is 46.0 Å². The average Bonchev–Trinajstić information content (AvgIpc) is 3.57. The van der Waals surface area contributed by atoms with Gasteiger partial charge in [0.25, 0.3) is 0 Å². The highest BCUT2D eigenvalue weighted by Gasteiger charge is 2.52. The van der Waals surface area contributed by atoms with Crippen LogP contribution in [0.3, 0.4) is 0 Å². The largest absolute Gasteiger partial charge is 0.416 e. The third-order valence-corrected chi connectivity index (χ3v) is 10.6. The lowest BCUT2D eigenvalue weighted by Gasteiger charge is -2.43. The molecule has 2 fully saturated rings. The smallest absolute Gasteiger partial charge is 0.291 e. The topological polar surface area (TPSA) is 113 Å². The fourth-order valence-corrected chi connectivity index (χ4v) is 7.80. The molecule has 3 aliphatic carbocycles. The molecule has 3 aromatic heterocycles. The van der Waals surface area contributed by atoms with Gasteiger partial charge in [-0.2, -0.15) is 28.2 Å². The molecule has 4 aromatic rings. The van der Waals surface area contributed by atoms with Crippen molar-refractivity contribution in [3.05, 3.63) is 88.9 Å². The lowest BCUT2D eigenvalue weighted by Crippen LogP contribution is -2.46. The third-order valence-electron chi connectivity index (χ3n) is 8.53. The van der Waals surface area contributed by atoms with Gasteiger partial charge in [0.1, 0.15) is 11.5 Å². The van der Waals surface area contributed by atoms with Gasteiger partial charge in [-0.15, -0.1) is 5.10 Å². The van der Waals surface area contributed by atoms with Crippen molar-refractivity contribution in [3.8, 4) is 5.69 Å². The van der Waals surface area contributed by atoms with Crippen LogP contribution in [0.5, 0.6) is 0 Å². The van der Waals surface area contributed by atoms with E-state index in [1.807, 2.05) is 0 Å². The number of pyridine rings is 1. The van der Waals surface area contributed by atoms with Gasteiger partial charge in [-0.3, -0.25) is 9.78 Å². The summed E-state index contributed by atoms with van der Waals surface area (Å²) in [6.45, 7) is 0. The first kappa shape index (κ1) is 27.6. The Balaban J connectivity index is 1.32. The number of carbonyl (C=O) groups excluding carboxylic acids is 1. The minimum absolute atomic E-state index is 0.00685. The zero-order valence-corrected chi connectivity index (χ0v) is 23.3. The van der Waals surface area contributed by atoms with E-state index < -0.39 is 49.5 Å². The quantitative estimate of drug-likeness (QED) is 0.218. The molecule has 0 saturated heterocycles. The van der Waals surface area contributed by atoms with Crippen LogP contribution in [0.4, 0.5) is 17.6 Å². The van der Waals surface area contributed by atoms with Crippen molar-refractivity contribution in [2.75, 3.05) is 0 Å². The van der Waals surface area contributed by atoms with Crippen LogP contribution in [-0.4, -0.2) is 49.2 Å². The minimum Gasteiger partial charge on any atom is -0.291 e. The van der Waals surface area contributed by atoms with E-state index in [1.54, 1.807) is 29.1 Å². The first-order chi connectivity index (χ1) is 20.5. The van der Waals surface area contributed by atoms with E-state index in [4.69, 9.17) is 0 Å². The molecule has 0 amide bonds. The summed E-state index contributed by atoms with van der Waals surface area (Å²) in [6, 6.07) is 7.26. The number of fused-ring (bicyclic) bond motifs is 2. The summed E-state index contributed by atoms with van der Waals surface area (Å²) < 4.78 is 83.5. The number of benzene rings is 1. The summed E-state index contributed by atoms with van der Waals surface area (Å²) in [6.07, 6.45) is 2.68. The molecular weight excluding hydrogens is 588 g/mol. The molecule has 0 aliphatic heterocycles. The molecule has 0 N–H and O–H groups in total. The number of sulfone groups is 1. The molecule has 9 nitrogen and oxygen atoms in total. The Labute approximate surface area is 243 Å². The number of hydrogen-bond acceptors (Lipinski definition) is 7. The molecule has 0 unspecified atom stereocenters. The summed E-state index contributed by atoms with van der Waals surface area (Å²) in [7, 11) is -4.03. The molecule has 14 heteroatoms. The number of hydrogen-bond donors (Lipinski definition) is 0. The molecule has 3 heterocycles. The van der Waals surface area contributed by atoms with Crippen LogP contribution in [0.15, 0.2) is 65.6 Å². The zero-order chi connectivity index (χ0) is 30.1. The van der Waals surface area contributed by atoms with E-state index in [2.05, 4.69) is 20.3 Å². The van der Waals surface area contributed by atoms with Crippen molar-refractivity contribution >= 4 is 21.7 Å². The molecule has 3 aliphatic rings. The van der Waals surface area contributed by atoms with Gasteiger partial charge in [-0.25, -0.2) is 17.5 Å². The highest BCUT2D eigenvalue weighted by Crippen LogP contribution is 2.52. The van der Waals surface area contributed by atoms with Crippen LogP contribution < -0.4 is 0 Å². The maximum absolute atomic E-state index is 14.3. The zero-order valence-electron chi connectivity index (χ0n) is 22.5. The second-order valence-corrected chi connectivity index (χ2v) is 13.4. The van der Waals surface area contributed by atoms with Crippen molar-refractivity contribution < 1.29 is 30.8 Å². The maximum atomic E-state index is 14.3. The molecule has 43 heavy (non-hydrogen) atoms. The number of ketones is 1. The number of Topliss-reactive ketones (excluding diaryl/α,β-unsaturated/α-hetero) is 1. The van der Waals surface area contributed by atoms with Gasteiger partial charge in [-0.1, -0.05) is 5.57 Å². The standard InChI is InChI=1S/C29H24F4N6O3S/c30-20-2-4-21(5-3-20)38-25-12-18-1-8-23(43(41,42)26-16-36-39(37-26)22-6-7-22)14-28(18,13-17(25)15-35-38)27(40)24-11-19(9-10-34-24)29(31,32)33/h2-5,9-12,15-16,22-23H,1,6-8,13-14H2/t23-,28-/m0/s1. The summed E-state index contributed by atoms with van der Waals surface area (Å²) in [5.74, 6) is -1.11. The fraction of sp³-hybridized carbons (Fsp3) is 0.345. The summed E-state index contributed by atoms with van der Waals surface area (Å²) in [4.78, 5) is 19.7. The number of halogens is 4. The summed E-state index contributed by atoms with van der Waals surface area (Å²) in [5.41, 5.74) is -0.502. The number of allylic oxidation sites excluding steroid dienone is 1. The van der Waals surface area contributed by atoms with E-state index in [1.165, 1.54) is 23.1 Å². The Morgan fingerprint density at radius 1 is 1.02 bits per heavy atom. The predicted molar refractivity (Wildman–Crippen MR) is 144 cm³/mol.